The van der Waals surface area contributed by atoms with E-state index in [1.54, 1.807) is 11.3 Å². The second-order valence-electron chi connectivity index (χ2n) is 3.60. The molecule has 0 saturated heterocycles. The van der Waals surface area contributed by atoms with Gasteiger partial charge in [0, 0.05) is 30.7 Å². The minimum Gasteiger partial charge on any atom is -0.324 e. The second kappa shape index (κ2) is 4.68. The Morgan fingerprint density at radius 1 is 1.57 bits per heavy atom. The van der Waals surface area contributed by atoms with Crippen LogP contribution in [-0.2, 0) is 6.54 Å². The summed E-state index contributed by atoms with van der Waals surface area (Å²) in [6.45, 7) is 1.88. The monoisotopic (exact) mass is 209 g/mol. The minimum atomic E-state index is 0.265. The summed E-state index contributed by atoms with van der Waals surface area (Å²) in [7, 11) is 0. The molecule has 0 amide bonds. The fourth-order valence-corrected chi connectivity index (χ4v) is 2.25. The molecule has 0 saturated carbocycles. The zero-order valence-electron chi connectivity index (χ0n) is 8.02. The number of rotatable bonds is 4. The molecule has 1 aliphatic carbocycles. The Bertz CT molecular complexity index is 294. The average Bonchev–Trinajstić information content (AvgIpc) is 2.77. The molecule has 0 spiro atoms. The van der Waals surface area contributed by atoms with Crippen LogP contribution in [0.3, 0.4) is 0 Å². The molecule has 0 radical (unpaired) electrons. The van der Waals surface area contributed by atoms with E-state index < -0.39 is 0 Å². The molecule has 3 N–H and O–H groups in total. The number of nitrogens with one attached hydrogen (secondary N) is 1. The van der Waals surface area contributed by atoms with Crippen molar-refractivity contribution in [1.82, 2.24) is 10.3 Å². The van der Waals surface area contributed by atoms with Crippen LogP contribution in [0.2, 0.25) is 0 Å². The van der Waals surface area contributed by atoms with Crippen molar-refractivity contribution in [3.63, 3.8) is 0 Å². The van der Waals surface area contributed by atoms with Gasteiger partial charge < -0.3 is 11.1 Å². The van der Waals surface area contributed by atoms with Gasteiger partial charge in [-0.25, -0.2) is 4.98 Å². The summed E-state index contributed by atoms with van der Waals surface area (Å²) >= 11 is 1.69. The molecule has 14 heavy (non-hydrogen) atoms. The Kier molecular flexibility index (Phi) is 3.29. The molecule has 4 heteroatoms. The van der Waals surface area contributed by atoms with Crippen molar-refractivity contribution < 1.29 is 0 Å². The molecule has 2 rings (SSSR count). The van der Waals surface area contributed by atoms with Crippen LogP contribution < -0.4 is 11.1 Å². The average molecular weight is 209 g/mol. The van der Waals surface area contributed by atoms with E-state index in [0.29, 0.717) is 5.92 Å². The molecule has 0 bridgehead atoms. The van der Waals surface area contributed by atoms with Crippen molar-refractivity contribution in [1.29, 1.82) is 0 Å². The number of nitrogens with two attached hydrogens (primary N) is 1. The Hall–Kier alpha value is -0.710. The van der Waals surface area contributed by atoms with Crippen LogP contribution in [0.5, 0.6) is 0 Å². The molecule has 0 aromatic carbocycles. The largest absolute Gasteiger partial charge is 0.324 e. The lowest BCUT2D eigenvalue weighted by atomic mass is 10.1. The van der Waals surface area contributed by atoms with Crippen LogP contribution in [0.4, 0.5) is 0 Å². The molecule has 1 aliphatic rings. The van der Waals surface area contributed by atoms with Crippen molar-refractivity contribution in [2.75, 3.05) is 6.54 Å². The van der Waals surface area contributed by atoms with Gasteiger partial charge >= 0.3 is 0 Å². The van der Waals surface area contributed by atoms with Gasteiger partial charge in [-0.1, -0.05) is 12.2 Å². The van der Waals surface area contributed by atoms with Gasteiger partial charge in [-0.3, -0.25) is 0 Å². The van der Waals surface area contributed by atoms with Gasteiger partial charge in [0.25, 0.3) is 0 Å². The molecule has 2 atom stereocenters. The number of hydrogen-bond donors (Lipinski definition) is 2. The number of nitrogens with zero attached hydrogens (tertiary/aromatic N) is 1. The Labute approximate surface area is 88.0 Å². The normalized spacial score (nSPS) is 25.8. The van der Waals surface area contributed by atoms with Gasteiger partial charge in [-0.2, -0.15) is 0 Å². The van der Waals surface area contributed by atoms with Crippen LogP contribution in [0, 0.1) is 5.92 Å². The first kappa shape index (κ1) is 9.83. The molecular weight excluding hydrogens is 194 g/mol. The van der Waals surface area contributed by atoms with Crippen LogP contribution in [0.25, 0.3) is 0 Å². The first-order valence-corrected chi connectivity index (χ1v) is 5.75. The summed E-state index contributed by atoms with van der Waals surface area (Å²) in [6, 6.07) is 0.265. The van der Waals surface area contributed by atoms with E-state index in [1.807, 2.05) is 11.6 Å². The molecule has 1 aromatic rings. The van der Waals surface area contributed by atoms with Crippen LogP contribution >= 0.6 is 11.3 Å². The van der Waals surface area contributed by atoms with Crippen LogP contribution in [0.15, 0.2) is 23.7 Å². The Morgan fingerprint density at radius 2 is 2.50 bits per heavy atom. The summed E-state index contributed by atoms with van der Waals surface area (Å²) in [5, 5.41) is 6.54. The van der Waals surface area contributed by atoms with E-state index in [0.717, 1.165) is 24.5 Å². The SMILES string of the molecule is NC1C=CC(CNCc2nccs2)C1. The molecule has 0 fully saturated rings. The van der Waals surface area contributed by atoms with E-state index in [4.69, 9.17) is 5.73 Å². The quantitative estimate of drug-likeness (QED) is 0.731. The van der Waals surface area contributed by atoms with E-state index in [1.165, 1.54) is 0 Å². The molecule has 2 unspecified atom stereocenters. The van der Waals surface area contributed by atoms with Gasteiger partial charge in [-0.05, 0) is 12.3 Å². The highest BCUT2D eigenvalue weighted by Gasteiger charge is 2.14. The smallest absolute Gasteiger partial charge is 0.106 e. The molecule has 1 heterocycles. The zero-order valence-corrected chi connectivity index (χ0v) is 8.83. The zero-order chi connectivity index (χ0) is 9.80. The van der Waals surface area contributed by atoms with Crippen molar-refractivity contribution in [3.8, 4) is 0 Å². The Balaban J connectivity index is 1.66. The third-order valence-corrected chi connectivity index (χ3v) is 3.15. The molecular formula is C10H15N3S. The maximum absolute atomic E-state index is 5.77. The van der Waals surface area contributed by atoms with Crippen molar-refractivity contribution in [2.24, 2.45) is 11.7 Å². The number of thiazole rings is 1. The lowest BCUT2D eigenvalue weighted by Crippen LogP contribution is -2.23. The highest BCUT2D eigenvalue weighted by Crippen LogP contribution is 2.15. The lowest BCUT2D eigenvalue weighted by molar-refractivity contribution is 0.527. The van der Waals surface area contributed by atoms with Gasteiger partial charge in [0.1, 0.15) is 5.01 Å². The molecule has 1 aromatic heterocycles. The lowest BCUT2D eigenvalue weighted by Gasteiger charge is -2.09. The van der Waals surface area contributed by atoms with E-state index in [-0.39, 0.29) is 6.04 Å². The van der Waals surface area contributed by atoms with Gasteiger partial charge in [0.05, 0.1) is 0 Å². The van der Waals surface area contributed by atoms with Crippen molar-refractivity contribution in [2.45, 2.75) is 19.0 Å². The summed E-state index contributed by atoms with van der Waals surface area (Å²) in [6.07, 6.45) is 7.22. The number of aromatic nitrogens is 1. The topological polar surface area (TPSA) is 50.9 Å². The predicted octanol–water partition coefficient (Wildman–Crippen LogP) is 1.14. The molecule has 3 nitrogen and oxygen atoms in total. The van der Waals surface area contributed by atoms with Gasteiger partial charge in [0.2, 0.25) is 0 Å². The third kappa shape index (κ3) is 2.64. The molecule has 76 valence electrons. The van der Waals surface area contributed by atoms with Gasteiger partial charge in [-0.15, -0.1) is 11.3 Å². The first-order chi connectivity index (χ1) is 6.84. The minimum absolute atomic E-state index is 0.265. The summed E-state index contributed by atoms with van der Waals surface area (Å²) < 4.78 is 0. The fraction of sp³-hybridized carbons (Fsp3) is 0.500. The third-order valence-electron chi connectivity index (χ3n) is 2.37. The summed E-state index contributed by atoms with van der Waals surface area (Å²) in [4.78, 5) is 4.21. The fourth-order valence-electron chi connectivity index (χ4n) is 1.66. The van der Waals surface area contributed by atoms with E-state index >= 15 is 0 Å². The summed E-state index contributed by atoms with van der Waals surface area (Å²) in [5.74, 6) is 0.602. The predicted molar refractivity (Wildman–Crippen MR) is 59.0 cm³/mol. The van der Waals surface area contributed by atoms with E-state index in [2.05, 4.69) is 22.5 Å². The standard InChI is InChI=1S/C10H15N3S/c11-9-2-1-8(5-9)6-12-7-10-13-3-4-14-10/h1-4,8-9,12H,5-7,11H2. The summed E-state index contributed by atoms with van der Waals surface area (Å²) in [5.41, 5.74) is 5.77. The van der Waals surface area contributed by atoms with Crippen molar-refractivity contribution >= 4 is 11.3 Å². The highest BCUT2D eigenvalue weighted by atomic mass is 32.1. The second-order valence-corrected chi connectivity index (χ2v) is 4.58. The highest BCUT2D eigenvalue weighted by molar-refractivity contribution is 7.09. The number of hydrogen-bond acceptors (Lipinski definition) is 4. The maximum Gasteiger partial charge on any atom is 0.106 e. The van der Waals surface area contributed by atoms with Crippen LogP contribution in [0.1, 0.15) is 11.4 Å². The van der Waals surface area contributed by atoms with E-state index in [9.17, 15) is 0 Å². The van der Waals surface area contributed by atoms with Crippen LogP contribution in [-0.4, -0.2) is 17.6 Å². The van der Waals surface area contributed by atoms with Gasteiger partial charge in [0.15, 0.2) is 0 Å². The first-order valence-electron chi connectivity index (χ1n) is 4.87. The maximum atomic E-state index is 5.77. The molecule has 0 aliphatic heterocycles. The van der Waals surface area contributed by atoms with Crippen molar-refractivity contribution in [3.05, 3.63) is 28.7 Å². The Morgan fingerprint density at radius 3 is 3.14 bits per heavy atom.